The highest BCUT2D eigenvalue weighted by atomic mass is 19.1. The number of rotatable bonds is 7. The number of unbranched alkanes of at least 4 members (excludes halogenated alkanes) is 1. The van der Waals surface area contributed by atoms with E-state index in [1.54, 1.807) is 6.92 Å². The summed E-state index contributed by atoms with van der Waals surface area (Å²) in [6.07, 6.45) is 6.94. The van der Waals surface area contributed by atoms with E-state index in [4.69, 9.17) is 0 Å². The van der Waals surface area contributed by atoms with E-state index in [-0.39, 0.29) is 0 Å². The van der Waals surface area contributed by atoms with Crippen molar-refractivity contribution in [1.29, 1.82) is 0 Å². The van der Waals surface area contributed by atoms with Gasteiger partial charge in [0.25, 0.3) is 0 Å². The first-order valence-corrected chi connectivity index (χ1v) is 5.92. The molecule has 0 aliphatic heterocycles. The normalized spacial score (nSPS) is 16.8. The fourth-order valence-electron chi connectivity index (χ4n) is 1.72. The lowest BCUT2D eigenvalue weighted by atomic mass is 9.91. The van der Waals surface area contributed by atoms with Gasteiger partial charge in [-0.05, 0) is 39.0 Å². The summed E-state index contributed by atoms with van der Waals surface area (Å²) in [6, 6.07) is 0. The van der Waals surface area contributed by atoms with E-state index in [0.717, 1.165) is 0 Å². The van der Waals surface area contributed by atoms with Crippen LogP contribution >= 0.6 is 0 Å². The third-order valence-corrected chi connectivity index (χ3v) is 2.81. The lowest BCUT2D eigenvalue weighted by Gasteiger charge is -2.15. The summed E-state index contributed by atoms with van der Waals surface area (Å²) in [5.74, 6) is 0.675. The van der Waals surface area contributed by atoms with Gasteiger partial charge in [-0.2, -0.15) is 0 Å². The van der Waals surface area contributed by atoms with E-state index in [2.05, 4.69) is 26.8 Å². The summed E-state index contributed by atoms with van der Waals surface area (Å²) in [4.78, 5) is 0. The van der Waals surface area contributed by atoms with Crippen LogP contribution in [0.4, 0.5) is 4.39 Å². The maximum absolute atomic E-state index is 12.6. The van der Waals surface area contributed by atoms with Gasteiger partial charge in [0.1, 0.15) is 6.17 Å². The van der Waals surface area contributed by atoms with Gasteiger partial charge in [-0.25, -0.2) is 4.39 Å². The van der Waals surface area contributed by atoms with Crippen LogP contribution in [-0.4, -0.2) is 6.17 Å². The zero-order chi connectivity index (χ0) is 11.0. The van der Waals surface area contributed by atoms with Gasteiger partial charge in [0.15, 0.2) is 0 Å². The Balaban J connectivity index is 4.01. The molecule has 0 N–H and O–H groups in total. The third kappa shape index (κ3) is 6.17. The van der Waals surface area contributed by atoms with Crippen molar-refractivity contribution in [2.45, 2.75) is 66.0 Å². The maximum Gasteiger partial charge on any atom is 0.101 e. The molecule has 0 spiro atoms. The van der Waals surface area contributed by atoms with Crippen molar-refractivity contribution in [2.75, 3.05) is 0 Å². The Bertz CT molecular complexity index is 159. The van der Waals surface area contributed by atoms with Crippen LogP contribution in [0, 0.1) is 5.92 Å². The average Bonchev–Trinajstić information content (AvgIpc) is 2.16. The summed E-state index contributed by atoms with van der Waals surface area (Å²) >= 11 is 0. The monoisotopic (exact) mass is 200 g/mol. The average molecular weight is 200 g/mol. The highest BCUT2D eigenvalue weighted by Crippen LogP contribution is 2.22. The molecule has 0 nitrogen and oxygen atoms in total. The van der Waals surface area contributed by atoms with Gasteiger partial charge < -0.3 is 0 Å². The fraction of sp³-hybridized carbons (Fsp3) is 0.846. The Morgan fingerprint density at radius 2 is 2.00 bits per heavy atom. The third-order valence-electron chi connectivity index (χ3n) is 2.81. The highest BCUT2D eigenvalue weighted by Gasteiger charge is 2.07. The van der Waals surface area contributed by atoms with E-state index in [0.29, 0.717) is 12.3 Å². The van der Waals surface area contributed by atoms with Gasteiger partial charge >= 0.3 is 0 Å². The van der Waals surface area contributed by atoms with Crippen molar-refractivity contribution in [3.8, 4) is 0 Å². The molecular weight excluding hydrogens is 175 g/mol. The van der Waals surface area contributed by atoms with Crippen molar-refractivity contribution < 1.29 is 4.39 Å². The summed E-state index contributed by atoms with van der Waals surface area (Å²) in [7, 11) is 0. The lowest BCUT2D eigenvalue weighted by Crippen LogP contribution is -2.01. The largest absolute Gasteiger partial charge is 0.247 e. The second kappa shape index (κ2) is 8.02. The van der Waals surface area contributed by atoms with Crippen LogP contribution in [-0.2, 0) is 0 Å². The first-order chi connectivity index (χ1) is 6.61. The van der Waals surface area contributed by atoms with Crippen LogP contribution in [0.2, 0.25) is 0 Å². The van der Waals surface area contributed by atoms with Gasteiger partial charge in [0.05, 0.1) is 0 Å². The van der Waals surface area contributed by atoms with Gasteiger partial charge in [-0.3, -0.25) is 0 Å². The summed E-state index contributed by atoms with van der Waals surface area (Å²) in [5, 5.41) is 0. The molecule has 0 aromatic rings. The number of alkyl halides is 1. The molecule has 0 aromatic heterocycles. The fourth-order valence-corrected chi connectivity index (χ4v) is 1.72. The SMILES string of the molecule is CCCCC(CC)/C(C)=C/CC(C)F. The summed E-state index contributed by atoms with van der Waals surface area (Å²) < 4.78 is 12.6. The molecule has 0 heterocycles. The minimum Gasteiger partial charge on any atom is -0.247 e. The van der Waals surface area contributed by atoms with Crippen LogP contribution < -0.4 is 0 Å². The molecule has 0 aliphatic rings. The summed E-state index contributed by atoms with van der Waals surface area (Å²) in [6.45, 7) is 8.20. The predicted molar refractivity (Wildman–Crippen MR) is 62.3 cm³/mol. The molecule has 0 saturated heterocycles. The second-order valence-electron chi connectivity index (χ2n) is 4.21. The van der Waals surface area contributed by atoms with Gasteiger partial charge in [-0.1, -0.05) is 38.3 Å². The highest BCUT2D eigenvalue weighted by molar-refractivity contribution is 5.03. The van der Waals surface area contributed by atoms with Gasteiger partial charge in [-0.15, -0.1) is 0 Å². The Morgan fingerprint density at radius 1 is 1.36 bits per heavy atom. The number of halogens is 1. The molecule has 0 bridgehead atoms. The number of hydrogen-bond acceptors (Lipinski definition) is 0. The standard InChI is InChI=1S/C13H25F/c1-5-7-8-13(6-2)11(3)9-10-12(4)14/h9,12-13H,5-8,10H2,1-4H3/b11-9+. The molecule has 2 unspecified atom stereocenters. The van der Waals surface area contributed by atoms with E-state index in [9.17, 15) is 4.39 Å². The topological polar surface area (TPSA) is 0 Å². The molecule has 0 radical (unpaired) electrons. The molecule has 0 aliphatic carbocycles. The Kier molecular flexibility index (Phi) is 7.83. The van der Waals surface area contributed by atoms with Crippen molar-refractivity contribution in [2.24, 2.45) is 5.92 Å². The molecule has 0 rings (SSSR count). The van der Waals surface area contributed by atoms with Crippen molar-refractivity contribution in [3.05, 3.63) is 11.6 Å². The van der Waals surface area contributed by atoms with E-state index in [1.807, 2.05) is 0 Å². The molecule has 14 heavy (non-hydrogen) atoms. The van der Waals surface area contributed by atoms with Crippen LogP contribution in [0.15, 0.2) is 11.6 Å². The van der Waals surface area contributed by atoms with Crippen LogP contribution in [0.1, 0.15) is 59.8 Å². The quantitative estimate of drug-likeness (QED) is 0.513. The van der Waals surface area contributed by atoms with E-state index >= 15 is 0 Å². The molecule has 0 aromatic carbocycles. The minimum absolute atomic E-state index is 0.578. The molecule has 0 amide bonds. The van der Waals surface area contributed by atoms with E-state index in [1.165, 1.54) is 31.3 Å². The Labute approximate surface area is 88.6 Å². The number of allylic oxidation sites excluding steroid dienone is 2. The smallest absolute Gasteiger partial charge is 0.101 e. The van der Waals surface area contributed by atoms with Crippen molar-refractivity contribution in [3.63, 3.8) is 0 Å². The Hall–Kier alpha value is -0.330. The van der Waals surface area contributed by atoms with Crippen LogP contribution in [0.25, 0.3) is 0 Å². The molecular formula is C13H25F. The van der Waals surface area contributed by atoms with Crippen LogP contribution in [0.5, 0.6) is 0 Å². The van der Waals surface area contributed by atoms with Crippen molar-refractivity contribution in [1.82, 2.24) is 0 Å². The minimum atomic E-state index is -0.700. The first kappa shape index (κ1) is 13.7. The molecule has 1 heteroatoms. The molecule has 0 fully saturated rings. The summed E-state index contributed by atoms with van der Waals surface area (Å²) in [5.41, 5.74) is 1.38. The van der Waals surface area contributed by atoms with Gasteiger partial charge in [0.2, 0.25) is 0 Å². The first-order valence-electron chi connectivity index (χ1n) is 5.92. The zero-order valence-corrected chi connectivity index (χ0v) is 10.1. The number of hydrogen-bond donors (Lipinski definition) is 0. The second-order valence-corrected chi connectivity index (χ2v) is 4.21. The van der Waals surface area contributed by atoms with E-state index < -0.39 is 6.17 Å². The lowest BCUT2D eigenvalue weighted by molar-refractivity contribution is 0.363. The predicted octanol–water partition coefficient (Wildman–Crippen LogP) is 4.90. The Morgan fingerprint density at radius 3 is 2.43 bits per heavy atom. The maximum atomic E-state index is 12.6. The van der Waals surface area contributed by atoms with Crippen molar-refractivity contribution >= 4 is 0 Å². The molecule has 0 saturated carbocycles. The zero-order valence-electron chi connectivity index (χ0n) is 10.1. The molecule has 2 atom stereocenters. The van der Waals surface area contributed by atoms with Crippen LogP contribution in [0.3, 0.4) is 0 Å². The van der Waals surface area contributed by atoms with Gasteiger partial charge in [0, 0.05) is 0 Å². The molecule has 84 valence electrons.